The lowest BCUT2D eigenvalue weighted by Crippen LogP contribution is -2.43. The Balaban J connectivity index is 1.81. The normalized spacial score (nSPS) is 26.5. The van der Waals surface area contributed by atoms with Gasteiger partial charge in [-0.2, -0.15) is 0 Å². The topological polar surface area (TPSA) is 52.6 Å². The summed E-state index contributed by atoms with van der Waals surface area (Å²) in [4.78, 5) is 13.1. The van der Waals surface area contributed by atoms with Gasteiger partial charge in [-0.25, -0.2) is 0 Å². The third-order valence-electron chi connectivity index (χ3n) is 3.65. The molecule has 17 heavy (non-hydrogen) atoms. The van der Waals surface area contributed by atoms with E-state index in [-0.39, 0.29) is 6.42 Å². The van der Waals surface area contributed by atoms with Crippen LogP contribution in [0.5, 0.6) is 0 Å². The predicted octanol–water partition coefficient (Wildman–Crippen LogP) is 0.864. The molecule has 2 bridgehead atoms. The molecule has 0 aliphatic carbocycles. The van der Waals surface area contributed by atoms with Gasteiger partial charge in [-0.05, 0) is 24.1 Å². The molecule has 1 aromatic carbocycles. The molecule has 0 radical (unpaired) electrons. The highest BCUT2D eigenvalue weighted by Crippen LogP contribution is 2.29. The van der Waals surface area contributed by atoms with Crippen LogP contribution in [0.1, 0.15) is 12.0 Å². The molecule has 0 spiro atoms. The molecule has 1 aromatic rings. The van der Waals surface area contributed by atoms with Crippen LogP contribution in [0.15, 0.2) is 24.3 Å². The first-order chi connectivity index (χ1) is 8.22. The maximum atomic E-state index is 10.7. The fourth-order valence-electron chi connectivity index (χ4n) is 2.90. The van der Waals surface area contributed by atoms with Gasteiger partial charge < -0.3 is 15.3 Å². The van der Waals surface area contributed by atoms with E-state index in [0.29, 0.717) is 12.1 Å². The van der Waals surface area contributed by atoms with E-state index in [1.807, 2.05) is 18.2 Å². The molecule has 90 valence electrons. The molecule has 2 heterocycles. The van der Waals surface area contributed by atoms with Crippen LogP contribution < -0.4 is 10.2 Å². The van der Waals surface area contributed by atoms with Crippen molar-refractivity contribution >= 4 is 11.7 Å². The van der Waals surface area contributed by atoms with Gasteiger partial charge in [0.2, 0.25) is 0 Å². The van der Waals surface area contributed by atoms with Crippen LogP contribution in [0.3, 0.4) is 0 Å². The van der Waals surface area contributed by atoms with Gasteiger partial charge in [0, 0.05) is 30.9 Å². The van der Waals surface area contributed by atoms with Gasteiger partial charge in [-0.15, -0.1) is 0 Å². The van der Waals surface area contributed by atoms with Crippen molar-refractivity contribution in [3.8, 4) is 0 Å². The maximum absolute atomic E-state index is 10.7. The van der Waals surface area contributed by atoms with Crippen molar-refractivity contribution in [2.75, 3.05) is 18.0 Å². The quantitative estimate of drug-likeness (QED) is 0.811. The Morgan fingerprint density at radius 3 is 3.06 bits per heavy atom. The molecule has 2 aliphatic rings. The summed E-state index contributed by atoms with van der Waals surface area (Å²) in [7, 11) is 0. The highest BCUT2D eigenvalue weighted by molar-refractivity contribution is 5.71. The number of nitrogens with zero attached hydrogens (tertiary/aromatic N) is 1. The minimum Gasteiger partial charge on any atom is -0.481 e. The van der Waals surface area contributed by atoms with Crippen LogP contribution in [0.4, 0.5) is 5.69 Å². The Hall–Kier alpha value is -1.55. The summed E-state index contributed by atoms with van der Waals surface area (Å²) in [5.74, 6) is -0.772. The number of hydrogen-bond donors (Lipinski definition) is 2. The highest BCUT2D eigenvalue weighted by Gasteiger charge is 2.37. The SMILES string of the molecule is O=C(O)Cc1cccc(N2CC3CC2CN3)c1. The minimum absolute atomic E-state index is 0.105. The van der Waals surface area contributed by atoms with Gasteiger partial charge in [0.25, 0.3) is 0 Å². The second-order valence-corrected chi connectivity index (χ2v) is 4.89. The lowest BCUT2D eigenvalue weighted by Gasteiger charge is -2.29. The van der Waals surface area contributed by atoms with Gasteiger partial charge in [0.1, 0.15) is 0 Å². The average Bonchev–Trinajstić information content (AvgIpc) is 2.90. The Bertz CT molecular complexity index is 447. The molecule has 3 rings (SSSR count). The monoisotopic (exact) mass is 232 g/mol. The first-order valence-electron chi connectivity index (χ1n) is 6.03. The summed E-state index contributed by atoms with van der Waals surface area (Å²) in [6, 6.07) is 9.11. The van der Waals surface area contributed by atoms with E-state index in [1.54, 1.807) is 0 Å². The number of anilines is 1. The van der Waals surface area contributed by atoms with Crippen molar-refractivity contribution < 1.29 is 9.90 Å². The van der Waals surface area contributed by atoms with Crippen molar-refractivity contribution in [3.63, 3.8) is 0 Å². The molecule has 2 N–H and O–H groups in total. The molecular weight excluding hydrogens is 216 g/mol. The predicted molar refractivity (Wildman–Crippen MR) is 65.3 cm³/mol. The van der Waals surface area contributed by atoms with Crippen molar-refractivity contribution in [2.45, 2.75) is 24.9 Å². The van der Waals surface area contributed by atoms with Crippen LogP contribution in [-0.2, 0) is 11.2 Å². The van der Waals surface area contributed by atoms with E-state index in [2.05, 4.69) is 16.3 Å². The Labute approximate surface area is 100 Å². The van der Waals surface area contributed by atoms with Crippen molar-refractivity contribution in [2.24, 2.45) is 0 Å². The Morgan fingerprint density at radius 1 is 1.53 bits per heavy atom. The van der Waals surface area contributed by atoms with Crippen molar-refractivity contribution in [3.05, 3.63) is 29.8 Å². The van der Waals surface area contributed by atoms with Gasteiger partial charge >= 0.3 is 5.97 Å². The molecule has 2 aliphatic heterocycles. The number of benzene rings is 1. The lowest BCUT2D eigenvalue weighted by atomic mass is 10.1. The summed E-state index contributed by atoms with van der Waals surface area (Å²) >= 11 is 0. The number of carboxylic acid groups (broad SMARTS) is 1. The zero-order valence-corrected chi connectivity index (χ0v) is 9.60. The smallest absolute Gasteiger partial charge is 0.307 e. The Morgan fingerprint density at radius 2 is 2.41 bits per heavy atom. The largest absolute Gasteiger partial charge is 0.481 e. The zero-order chi connectivity index (χ0) is 11.8. The summed E-state index contributed by atoms with van der Waals surface area (Å²) in [6.07, 6.45) is 1.32. The van der Waals surface area contributed by atoms with Gasteiger partial charge in [-0.1, -0.05) is 12.1 Å². The number of nitrogens with one attached hydrogen (secondary N) is 1. The first kappa shape index (κ1) is 10.6. The number of rotatable bonds is 3. The molecule has 0 saturated carbocycles. The van der Waals surface area contributed by atoms with E-state index < -0.39 is 5.97 Å². The first-order valence-corrected chi connectivity index (χ1v) is 6.03. The van der Waals surface area contributed by atoms with Crippen LogP contribution >= 0.6 is 0 Å². The van der Waals surface area contributed by atoms with E-state index >= 15 is 0 Å². The number of fused-ring (bicyclic) bond motifs is 2. The fourth-order valence-corrected chi connectivity index (χ4v) is 2.90. The summed E-state index contributed by atoms with van der Waals surface area (Å²) in [6.45, 7) is 2.09. The zero-order valence-electron chi connectivity index (χ0n) is 9.60. The molecule has 0 amide bonds. The van der Waals surface area contributed by atoms with E-state index in [0.717, 1.165) is 24.3 Å². The molecule has 2 fully saturated rings. The van der Waals surface area contributed by atoms with Gasteiger partial charge in [-0.3, -0.25) is 4.79 Å². The highest BCUT2D eigenvalue weighted by atomic mass is 16.4. The molecule has 2 saturated heterocycles. The Kier molecular flexibility index (Phi) is 2.52. The maximum Gasteiger partial charge on any atom is 0.307 e. The summed E-state index contributed by atoms with van der Waals surface area (Å²) in [5.41, 5.74) is 2.04. The van der Waals surface area contributed by atoms with Crippen LogP contribution in [-0.4, -0.2) is 36.2 Å². The second-order valence-electron chi connectivity index (χ2n) is 4.89. The fraction of sp³-hybridized carbons (Fsp3) is 0.462. The van der Waals surface area contributed by atoms with Crippen LogP contribution in [0.25, 0.3) is 0 Å². The minimum atomic E-state index is -0.772. The standard InChI is InChI=1S/C13H16N2O2/c16-13(17)5-9-2-1-3-11(4-9)15-8-10-6-12(15)7-14-10/h1-4,10,12,14H,5-8H2,(H,16,17). The van der Waals surface area contributed by atoms with E-state index in [4.69, 9.17) is 5.11 Å². The molecule has 2 atom stereocenters. The number of aliphatic carboxylic acids is 1. The third kappa shape index (κ3) is 2.00. The van der Waals surface area contributed by atoms with E-state index in [1.165, 1.54) is 6.42 Å². The molecule has 2 unspecified atom stereocenters. The number of carbonyl (C=O) groups is 1. The van der Waals surface area contributed by atoms with Gasteiger partial charge in [0.15, 0.2) is 0 Å². The van der Waals surface area contributed by atoms with Crippen LogP contribution in [0.2, 0.25) is 0 Å². The van der Waals surface area contributed by atoms with Crippen LogP contribution in [0, 0.1) is 0 Å². The second kappa shape index (κ2) is 4.04. The molecular formula is C13H16N2O2. The summed E-state index contributed by atoms with van der Waals surface area (Å²) < 4.78 is 0. The summed E-state index contributed by atoms with van der Waals surface area (Å²) in [5, 5.41) is 12.3. The number of carboxylic acids is 1. The number of hydrogen-bond acceptors (Lipinski definition) is 3. The van der Waals surface area contributed by atoms with Crippen molar-refractivity contribution in [1.29, 1.82) is 0 Å². The lowest BCUT2D eigenvalue weighted by molar-refractivity contribution is -0.136. The van der Waals surface area contributed by atoms with Gasteiger partial charge in [0.05, 0.1) is 6.42 Å². The molecule has 0 aromatic heterocycles. The van der Waals surface area contributed by atoms with Crippen molar-refractivity contribution in [1.82, 2.24) is 5.32 Å². The third-order valence-corrected chi connectivity index (χ3v) is 3.65. The van der Waals surface area contributed by atoms with E-state index in [9.17, 15) is 4.79 Å². The average molecular weight is 232 g/mol. The molecule has 4 nitrogen and oxygen atoms in total. The molecule has 4 heteroatoms. The number of piperazine rings is 1.